The third-order valence-corrected chi connectivity index (χ3v) is 6.37. The average Bonchev–Trinajstić information content (AvgIpc) is 3.22. The second kappa shape index (κ2) is 8.55. The number of hydrogen-bond donors (Lipinski definition) is 1. The molecule has 3 aromatic carbocycles. The predicted octanol–water partition coefficient (Wildman–Crippen LogP) is 5.75. The lowest BCUT2D eigenvalue weighted by atomic mass is 9.92. The van der Waals surface area contributed by atoms with E-state index in [9.17, 15) is 4.79 Å². The molecule has 0 saturated heterocycles. The van der Waals surface area contributed by atoms with Crippen LogP contribution in [0.2, 0.25) is 0 Å². The first-order chi connectivity index (χ1) is 15.7. The van der Waals surface area contributed by atoms with Gasteiger partial charge in [0.1, 0.15) is 0 Å². The second-order valence-corrected chi connectivity index (χ2v) is 8.35. The molecule has 32 heavy (non-hydrogen) atoms. The highest BCUT2D eigenvalue weighted by Gasteiger charge is 2.36. The highest BCUT2D eigenvalue weighted by Crippen LogP contribution is 2.42. The lowest BCUT2D eigenvalue weighted by Crippen LogP contribution is -2.29. The summed E-state index contributed by atoms with van der Waals surface area (Å²) in [7, 11) is 0. The van der Waals surface area contributed by atoms with E-state index in [0.717, 1.165) is 27.9 Å². The first-order valence-electron chi connectivity index (χ1n) is 10.6. The number of rotatable bonds is 5. The van der Waals surface area contributed by atoms with Crippen molar-refractivity contribution >= 4 is 40.4 Å². The smallest absolute Gasteiger partial charge is 0.338 e. The molecule has 6 heteroatoms. The van der Waals surface area contributed by atoms with Crippen LogP contribution in [0.3, 0.4) is 0 Å². The summed E-state index contributed by atoms with van der Waals surface area (Å²) < 4.78 is 7.66. The van der Waals surface area contributed by atoms with Gasteiger partial charge in [-0.25, -0.2) is 9.78 Å². The number of esters is 1. The van der Waals surface area contributed by atoms with Crippen molar-refractivity contribution in [2.45, 2.75) is 17.9 Å². The van der Waals surface area contributed by atoms with Crippen LogP contribution in [0.4, 0.5) is 5.95 Å². The van der Waals surface area contributed by atoms with Crippen molar-refractivity contribution in [1.82, 2.24) is 9.55 Å². The van der Waals surface area contributed by atoms with Crippen molar-refractivity contribution in [2.24, 2.45) is 0 Å². The van der Waals surface area contributed by atoms with Crippen LogP contribution >= 0.6 is 11.8 Å². The van der Waals surface area contributed by atoms with E-state index in [0.29, 0.717) is 18.1 Å². The number of para-hydroxylation sites is 2. The Balaban J connectivity index is 1.81. The van der Waals surface area contributed by atoms with E-state index in [1.165, 1.54) is 4.90 Å². The summed E-state index contributed by atoms with van der Waals surface area (Å²) in [6.07, 6.45) is 2.05. The molecule has 0 saturated carbocycles. The number of fused-ring (bicyclic) bond motifs is 3. The standard InChI is InChI=1S/C26H23N3O2S/c1-3-31-25(30)22-23(17-9-5-4-6-10-17)28-26-27-20-11-7-8-12-21(20)29(26)24(22)18-13-15-19(32-2)16-14-18/h4-16,24H,3H2,1-2H3,(H,27,28)/t24-/m0/s1. The first kappa shape index (κ1) is 20.4. The molecule has 1 N–H and O–H groups in total. The van der Waals surface area contributed by atoms with Gasteiger partial charge in [0.25, 0.3) is 0 Å². The number of anilines is 1. The summed E-state index contributed by atoms with van der Waals surface area (Å²) in [6, 6.07) is 25.8. The van der Waals surface area contributed by atoms with Crippen molar-refractivity contribution in [2.75, 3.05) is 18.2 Å². The lowest BCUT2D eigenvalue weighted by molar-refractivity contribution is -0.138. The van der Waals surface area contributed by atoms with E-state index < -0.39 is 0 Å². The van der Waals surface area contributed by atoms with Gasteiger partial charge in [0.05, 0.1) is 35.0 Å². The number of aromatic nitrogens is 2. The summed E-state index contributed by atoms with van der Waals surface area (Å²) in [5.74, 6) is 0.373. The van der Waals surface area contributed by atoms with Crippen molar-refractivity contribution in [3.63, 3.8) is 0 Å². The largest absolute Gasteiger partial charge is 0.463 e. The molecule has 0 fully saturated rings. The van der Waals surface area contributed by atoms with E-state index in [2.05, 4.69) is 40.4 Å². The minimum atomic E-state index is -0.371. The molecule has 0 bridgehead atoms. The van der Waals surface area contributed by atoms with Gasteiger partial charge in [0.2, 0.25) is 5.95 Å². The Morgan fingerprint density at radius 1 is 1.03 bits per heavy atom. The number of nitrogens with one attached hydrogen (secondary N) is 1. The van der Waals surface area contributed by atoms with Gasteiger partial charge in [0.15, 0.2) is 0 Å². The minimum absolute atomic E-state index is 0.306. The number of carbonyl (C=O) groups excluding carboxylic acids is 1. The molecule has 5 rings (SSSR count). The molecule has 4 aromatic rings. The van der Waals surface area contributed by atoms with Gasteiger partial charge in [0, 0.05) is 4.90 Å². The van der Waals surface area contributed by atoms with Gasteiger partial charge < -0.3 is 10.1 Å². The van der Waals surface area contributed by atoms with Crippen molar-refractivity contribution in [3.8, 4) is 0 Å². The molecule has 0 unspecified atom stereocenters. The molecule has 0 radical (unpaired) electrons. The molecule has 0 amide bonds. The molecule has 2 heterocycles. The molecular formula is C26H23N3O2S. The van der Waals surface area contributed by atoms with Crippen LogP contribution in [0.5, 0.6) is 0 Å². The van der Waals surface area contributed by atoms with Crippen molar-refractivity contribution in [1.29, 1.82) is 0 Å². The highest BCUT2D eigenvalue weighted by atomic mass is 32.2. The molecule has 160 valence electrons. The van der Waals surface area contributed by atoms with Crippen LogP contribution in [0.15, 0.2) is 89.3 Å². The summed E-state index contributed by atoms with van der Waals surface area (Å²) in [6.45, 7) is 2.14. The SMILES string of the molecule is CCOC(=O)C1=C(c2ccccc2)Nc2nc3ccccc3n2[C@H]1c1ccc(SC)cc1. The first-order valence-corrected chi connectivity index (χ1v) is 11.8. The summed E-state index contributed by atoms with van der Waals surface area (Å²) in [4.78, 5) is 19.4. The summed E-state index contributed by atoms with van der Waals surface area (Å²) in [5, 5.41) is 3.44. The number of thioether (sulfide) groups is 1. The Labute approximate surface area is 191 Å². The van der Waals surface area contributed by atoms with Crippen molar-refractivity contribution in [3.05, 3.63) is 95.6 Å². The predicted molar refractivity (Wildman–Crippen MR) is 130 cm³/mol. The topological polar surface area (TPSA) is 56.1 Å². The zero-order chi connectivity index (χ0) is 22.1. The zero-order valence-electron chi connectivity index (χ0n) is 17.9. The Kier molecular flexibility index (Phi) is 5.45. The van der Waals surface area contributed by atoms with Crippen molar-refractivity contribution < 1.29 is 9.53 Å². The number of hydrogen-bond acceptors (Lipinski definition) is 5. The van der Waals surface area contributed by atoms with Crippen LogP contribution in [0, 0.1) is 0 Å². The maximum Gasteiger partial charge on any atom is 0.338 e. The van der Waals surface area contributed by atoms with E-state index in [4.69, 9.17) is 9.72 Å². The van der Waals surface area contributed by atoms with Crippen LogP contribution in [0.1, 0.15) is 24.1 Å². The van der Waals surface area contributed by atoms with E-state index >= 15 is 0 Å². The van der Waals surface area contributed by atoms with E-state index in [-0.39, 0.29) is 12.0 Å². The summed E-state index contributed by atoms with van der Waals surface area (Å²) >= 11 is 1.69. The van der Waals surface area contributed by atoms with E-state index in [1.54, 1.807) is 11.8 Å². The minimum Gasteiger partial charge on any atom is -0.463 e. The number of ether oxygens (including phenoxy) is 1. The molecule has 0 aliphatic carbocycles. The maximum atomic E-state index is 13.4. The molecule has 0 spiro atoms. The number of benzene rings is 3. The monoisotopic (exact) mass is 441 g/mol. The second-order valence-electron chi connectivity index (χ2n) is 7.47. The molecule has 5 nitrogen and oxygen atoms in total. The average molecular weight is 442 g/mol. The highest BCUT2D eigenvalue weighted by molar-refractivity contribution is 7.98. The Morgan fingerprint density at radius 2 is 1.75 bits per heavy atom. The third-order valence-electron chi connectivity index (χ3n) is 5.62. The fraction of sp³-hybridized carbons (Fsp3) is 0.154. The molecule has 1 aliphatic heterocycles. The fourth-order valence-corrected chi connectivity index (χ4v) is 4.60. The molecular weight excluding hydrogens is 418 g/mol. The maximum absolute atomic E-state index is 13.4. The third kappa shape index (κ3) is 3.46. The van der Waals surface area contributed by atoms with Crippen LogP contribution in [-0.2, 0) is 9.53 Å². The van der Waals surface area contributed by atoms with Gasteiger partial charge in [-0.05, 0) is 48.6 Å². The van der Waals surface area contributed by atoms with Crippen LogP contribution in [-0.4, -0.2) is 28.4 Å². The zero-order valence-corrected chi connectivity index (χ0v) is 18.7. The van der Waals surface area contributed by atoms with Gasteiger partial charge in [-0.15, -0.1) is 11.8 Å². The van der Waals surface area contributed by atoms with Gasteiger partial charge in [-0.1, -0.05) is 54.6 Å². The normalized spacial score (nSPS) is 15.4. The Bertz CT molecular complexity index is 1310. The quantitative estimate of drug-likeness (QED) is 0.316. The molecule has 1 atom stereocenters. The number of carbonyl (C=O) groups is 1. The molecule has 1 aliphatic rings. The van der Waals surface area contributed by atoms with Crippen LogP contribution < -0.4 is 5.32 Å². The fourth-order valence-electron chi connectivity index (χ4n) is 4.20. The van der Waals surface area contributed by atoms with Gasteiger partial charge in [-0.3, -0.25) is 4.57 Å². The van der Waals surface area contributed by atoms with Crippen LogP contribution in [0.25, 0.3) is 16.7 Å². The lowest BCUT2D eigenvalue weighted by Gasteiger charge is -2.31. The van der Waals surface area contributed by atoms with E-state index in [1.807, 2.05) is 61.5 Å². The number of nitrogens with zero attached hydrogens (tertiary/aromatic N) is 2. The Hall–Kier alpha value is -3.51. The van der Waals surface area contributed by atoms with Gasteiger partial charge >= 0.3 is 5.97 Å². The molecule has 1 aromatic heterocycles. The number of imidazole rings is 1. The van der Waals surface area contributed by atoms with Gasteiger partial charge in [-0.2, -0.15) is 0 Å². The Morgan fingerprint density at radius 3 is 2.47 bits per heavy atom. The summed E-state index contributed by atoms with van der Waals surface area (Å²) in [5.41, 5.74) is 5.06.